The topological polar surface area (TPSA) is 76.3 Å². The van der Waals surface area contributed by atoms with Gasteiger partial charge in [-0.05, 0) is 26.2 Å². The van der Waals surface area contributed by atoms with E-state index in [2.05, 4.69) is 18.8 Å². The Balaban J connectivity index is 2.82. The van der Waals surface area contributed by atoms with Crippen molar-refractivity contribution in [2.24, 2.45) is 5.73 Å². The van der Waals surface area contributed by atoms with Gasteiger partial charge in [0.2, 0.25) is 5.91 Å². The van der Waals surface area contributed by atoms with E-state index in [1.165, 1.54) is 11.3 Å². The van der Waals surface area contributed by atoms with Crippen LogP contribution < -0.4 is 5.73 Å². The third kappa shape index (κ3) is 5.75. The van der Waals surface area contributed by atoms with Crippen LogP contribution in [0.15, 0.2) is 0 Å². The van der Waals surface area contributed by atoms with Gasteiger partial charge in [0.1, 0.15) is 4.88 Å². The first kappa shape index (κ1) is 18.6. The minimum Gasteiger partial charge on any atom is -0.368 e. The fourth-order valence-electron chi connectivity index (χ4n) is 2.22. The van der Waals surface area contributed by atoms with Gasteiger partial charge in [-0.15, -0.1) is 11.3 Å². The van der Waals surface area contributed by atoms with Crippen molar-refractivity contribution in [1.82, 2.24) is 9.88 Å². The smallest absolute Gasteiger partial charge is 0.266 e. The summed E-state index contributed by atoms with van der Waals surface area (Å²) in [5.74, 6) is -0.592. The van der Waals surface area contributed by atoms with Crippen molar-refractivity contribution >= 4 is 23.2 Å². The van der Waals surface area contributed by atoms with Crippen molar-refractivity contribution in [3.05, 3.63) is 15.6 Å². The molecule has 0 atom stereocenters. The SMILES string of the molecule is CCCCCN(CC(N)=O)C(=O)c1sc(CCCC)nc1C. The molecule has 1 rings (SSSR count). The molecule has 0 aliphatic rings. The van der Waals surface area contributed by atoms with Gasteiger partial charge < -0.3 is 10.6 Å². The Morgan fingerprint density at radius 2 is 1.86 bits per heavy atom. The fourth-order valence-corrected chi connectivity index (χ4v) is 3.30. The van der Waals surface area contributed by atoms with Crippen LogP contribution in [0, 0.1) is 6.92 Å². The van der Waals surface area contributed by atoms with E-state index < -0.39 is 5.91 Å². The zero-order chi connectivity index (χ0) is 16.5. The first-order valence-electron chi connectivity index (χ1n) is 8.03. The summed E-state index contributed by atoms with van der Waals surface area (Å²) in [5, 5.41) is 0.996. The maximum absolute atomic E-state index is 12.7. The van der Waals surface area contributed by atoms with Crippen LogP contribution in [0.4, 0.5) is 0 Å². The predicted octanol–water partition coefficient (Wildman–Crippen LogP) is 2.91. The summed E-state index contributed by atoms with van der Waals surface area (Å²) in [7, 11) is 0. The van der Waals surface area contributed by atoms with Crippen LogP contribution in [0.2, 0.25) is 0 Å². The number of hydrogen-bond donors (Lipinski definition) is 1. The molecule has 1 aromatic heterocycles. The van der Waals surface area contributed by atoms with Crippen molar-refractivity contribution in [3.8, 4) is 0 Å². The molecule has 0 aromatic carbocycles. The normalized spacial score (nSPS) is 10.7. The highest BCUT2D eigenvalue weighted by Gasteiger charge is 2.22. The molecule has 0 bridgehead atoms. The molecule has 0 unspecified atom stereocenters. The van der Waals surface area contributed by atoms with Crippen molar-refractivity contribution in [2.75, 3.05) is 13.1 Å². The first-order valence-corrected chi connectivity index (χ1v) is 8.85. The average molecular weight is 325 g/mol. The van der Waals surface area contributed by atoms with E-state index in [1.54, 1.807) is 4.90 Å². The number of aryl methyl sites for hydroxylation is 2. The van der Waals surface area contributed by atoms with Gasteiger partial charge in [0.15, 0.2) is 0 Å². The zero-order valence-corrected chi connectivity index (χ0v) is 14.7. The Morgan fingerprint density at radius 3 is 2.45 bits per heavy atom. The average Bonchev–Trinajstić information content (AvgIpc) is 2.84. The van der Waals surface area contributed by atoms with E-state index in [4.69, 9.17) is 5.73 Å². The van der Waals surface area contributed by atoms with Crippen LogP contribution in [0.3, 0.4) is 0 Å². The third-order valence-corrected chi connectivity index (χ3v) is 4.65. The minimum atomic E-state index is -0.474. The Bertz CT molecular complexity index is 500. The van der Waals surface area contributed by atoms with Gasteiger partial charge in [0, 0.05) is 6.54 Å². The van der Waals surface area contributed by atoms with Crippen molar-refractivity contribution in [2.45, 2.75) is 59.3 Å². The van der Waals surface area contributed by atoms with Gasteiger partial charge in [-0.2, -0.15) is 0 Å². The lowest BCUT2D eigenvalue weighted by Gasteiger charge is -2.20. The number of nitrogens with two attached hydrogens (primary N) is 1. The summed E-state index contributed by atoms with van der Waals surface area (Å²) < 4.78 is 0. The highest BCUT2D eigenvalue weighted by Crippen LogP contribution is 2.22. The Morgan fingerprint density at radius 1 is 1.18 bits per heavy atom. The maximum atomic E-state index is 12.7. The van der Waals surface area contributed by atoms with Crippen LogP contribution >= 0.6 is 11.3 Å². The summed E-state index contributed by atoms with van der Waals surface area (Å²) >= 11 is 1.45. The number of primary amides is 1. The lowest BCUT2D eigenvalue weighted by Crippen LogP contribution is -2.39. The minimum absolute atomic E-state index is 0.0236. The first-order chi connectivity index (χ1) is 10.5. The molecule has 2 N–H and O–H groups in total. The monoisotopic (exact) mass is 325 g/mol. The number of unbranched alkanes of at least 4 members (excludes halogenated alkanes) is 3. The Hall–Kier alpha value is -1.43. The number of thiazole rings is 1. The fraction of sp³-hybridized carbons (Fsp3) is 0.688. The number of carbonyl (C=O) groups excluding carboxylic acids is 2. The lowest BCUT2D eigenvalue weighted by molar-refractivity contribution is -0.118. The molecule has 0 saturated carbocycles. The molecule has 0 spiro atoms. The summed E-state index contributed by atoms with van der Waals surface area (Å²) in [6.07, 6.45) is 6.07. The van der Waals surface area contributed by atoms with Crippen LogP contribution in [0.1, 0.15) is 66.3 Å². The highest BCUT2D eigenvalue weighted by atomic mass is 32.1. The van der Waals surface area contributed by atoms with Gasteiger partial charge >= 0.3 is 0 Å². The van der Waals surface area contributed by atoms with Gasteiger partial charge in [-0.1, -0.05) is 33.1 Å². The third-order valence-electron chi connectivity index (χ3n) is 3.44. The number of amides is 2. The van der Waals surface area contributed by atoms with E-state index >= 15 is 0 Å². The molecule has 0 saturated heterocycles. The predicted molar refractivity (Wildman–Crippen MR) is 90.1 cm³/mol. The molecule has 2 amide bonds. The van der Waals surface area contributed by atoms with E-state index in [9.17, 15) is 9.59 Å². The number of aromatic nitrogens is 1. The van der Waals surface area contributed by atoms with Crippen molar-refractivity contribution < 1.29 is 9.59 Å². The molecule has 0 aliphatic carbocycles. The molecule has 0 aliphatic heterocycles. The second-order valence-corrected chi connectivity index (χ2v) is 6.61. The van der Waals surface area contributed by atoms with Crippen molar-refractivity contribution in [1.29, 1.82) is 0 Å². The standard InChI is InChI=1S/C16H27N3O2S/c1-4-6-8-10-19(11-13(17)20)16(21)15-12(3)18-14(22-15)9-7-5-2/h4-11H2,1-3H3,(H2,17,20). The molecule has 5 nitrogen and oxygen atoms in total. The van der Waals surface area contributed by atoms with Crippen LogP contribution in [0.5, 0.6) is 0 Å². The number of rotatable bonds is 10. The highest BCUT2D eigenvalue weighted by molar-refractivity contribution is 7.13. The molecule has 0 radical (unpaired) electrons. The lowest BCUT2D eigenvalue weighted by atomic mass is 10.2. The second-order valence-electron chi connectivity index (χ2n) is 5.53. The summed E-state index contributed by atoms with van der Waals surface area (Å²) in [5.41, 5.74) is 6.03. The number of carbonyl (C=O) groups is 2. The molecule has 22 heavy (non-hydrogen) atoms. The van der Waals surface area contributed by atoms with Crippen LogP contribution in [0.25, 0.3) is 0 Å². The molecule has 1 heterocycles. The van der Waals surface area contributed by atoms with Crippen molar-refractivity contribution in [3.63, 3.8) is 0 Å². The second kappa shape index (κ2) is 9.56. The summed E-state index contributed by atoms with van der Waals surface area (Å²) in [6, 6.07) is 0. The zero-order valence-electron chi connectivity index (χ0n) is 13.9. The molecule has 1 aromatic rings. The number of nitrogens with zero attached hydrogens (tertiary/aromatic N) is 2. The van der Waals surface area contributed by atoms with Gasteiger partial charge in [-0.25, -0.2) is 4.98 Å². The van der Waals surface area contributed by atoms with Gasteiger partial charge in [-0.3, -0.25) is 9.59 Å². The van der Waals surface area contributed by atoms with Gasteiger partial charge in [0.25, 0.3) is 5.91 Å². The Labute approximate surface area is 136 Å². The van der Waals surface area contributed by atoms with E-state index in [0.717, 1.165) is 49.2 Å². The van der Waals surface area contributed by atoms with E-state index in [-0.39, 0.29) is 12.5 Å². The molecule has 124 valence electrons. The van der Waals surface area contributed by atoms with E-state index in [0.29, 0.717) is 11.4 Å². The molecular formula is C16H27N3O2S. The van der Waals surface area contributed by atoms with Crippen LogP contribution in [-0.4, -0.2) is 34.8 Å². The quantitative estimate of drug-likeness (QED) is 0.672. The summed E-state index contributed by atoms with van der Waals surface area (Å²) in [4.78, 5) is 30.6. The molecular weight excluding hydrogens is 298 g/mol. The number of hydrogen-bond acceptors (Lipinski definition) is 4. The molecule has 0 fully saturated rings. The summed E-state index contributed by atoms with van der Waals surface area (Å²) in [6.45, 7) is 6.64. The van der Waals surface area contributed by atoms with Crippen LogP contribution in [-0.2, 0) is 11.2 Å². The Kier molecular flexibility index (Phi) is 8.09. The van der Waals surface area contributed by atoms with Gasteiger partial charge in [0.05, 0.1) is 17.2 Å². The molecule has 6 heteroatoms. The largest absolute Gasteiger partial charge is 0.368 e. The maximum Gasteiger partial charge on any atom is 0.266 e. The van der Waals surface area contributed by atoms with E-state index in [1.807, 2.05) is 6.92 Å².